The Balaban J connectivity index is 3.36. The van der Waals surface area contributed by atoms with Crippen molar-refractivity contribution in [2.45, 2.75) is 33.2 Å². The summed E-state index contributed by atoms with van der Waals surface area (Å²) in [7, 11) is 0. The Hall–Kier alpha value is -0.770. The number of primary amides is 1. The van der Waals surface area contributed by atoms with Crippen LogP contribution >= 0.6 is 0 Å². The van der Waals surface area contributed by atoms with E-state index in [1.165, 1.54) is 0 Å². The van der Waals surface area contributed by atoms with Crippen molar-refractivity contribution in [1.82, 2.24) is 5.32 Å². The van der Waals surface area contributed by atoms with Gasteiger partial charge in [0.15, 0.2) is 0 Å². The molecule has 0 rings (SSSR count). The molecule has 2 atom stereocenters. The van der Waals surface area contributed by atoms with Gasteiger partial charge >= 0.3 is 6.09 Å². The molecule has 0 bridgehead atoms. The van der Waals surface area contributed by atoms with E-state index in [9.17, 15) is 4.79 Å². The minimum absolute atomic E-state index is 0.343. The van der Waals surface area contributed by atoms with E-state index in [2.05, 4.69) is 30.8 Å². The van der Waals surface area contributed by atoms with Crippen molar-refractivity contribution < 1.29 is 9.53 Å². The van der Waals surface area contributed by atoms with E-state index in [4.69, 9.17) is 5.73 Å². The fraction of sp³-hybridized carbons (Fsp3) is 0.889. The van der Waals surface area contributed by atoms with Crippen LogP contribution in [0.4, 0.5) is 4.79 Å². The second kappa shape index (κ2) is 6.71. The van der Waals surface area contributed by atoms with E-state index in [0.29, 0.717) is 25.1 Å². The molecule has 0 saturated heterocycles. The largest absolute Gasteiger partial charge is 0.448 e. The molecule has 0 aliphatic carbocycles. The molecule has 0 spiro atoms. The Morgan fingerprint density at radius 3 is 2.62 bits per heavy atom. The van der Waals surface area contributed by atoms with Gasteiger partial charge in [-0.2, -0.15) is 0 Å². The summed E-state index contributed by atoms with van der Waals surface area (Å²) in [5.74, 6) is 0.633. The van der Waals surface area contributed by atoms with Crippen LogP contribution in [0.1, 0.15) is 27.2 Å². The number of carbonyl (C=O) groups excluding carboxylic acids is 1. The summed E-state index contributed by atoms with van der Waals surface area (Å²) in [6, 6.07) is 0.446. The Bertz CT molecular complexity index is 151. The van der Waals surface area contributed by atoms with Crippen molar-refractivity contribution in [2.24, 2.45) is 11.7 Å². The molecule has 0 aromatic rings. The molecule has 0 aromatic heterocycles. The van der Waals surface area contributed by atoms with Crippen molar-refractivity contribution in [1.29, 1.82) is 0 Å². The predicted octanol–water partition coefficient (Wildman–Crippen LogP) is 1.11. The second-order valence-electron chi connectivity index (χ2n) is 3.30. The van der Waals surface area contributed by atoms with Crippen LogP contribution in [0.25, 0.3) is 0 Å². The van der Waals surface area contributed by atoms with Crippen molar-refractivity contribution in [3.63, 3.8) is 0 Å². The van der Waals surface area contributed by atoms with E-state index in [1.54, 1.807) is 0 Å². The van der Waals surface area contributed by atoms with Crippen LogP contribution < -0.4 is 11.1 Å². The molecule has 1 amide bonds. The van der Waals surface area contributed by atoms with Crippen LogP contribution in [0, 0.1) is 5.92 Å². The first-order chi connectivity index (χ1) is 6.07. The lowest BCUT2D eigenvalue weighted by Gasteiger charge is -2.19. The zero-order valence-electron chi connectivity index (χ0n) is 8.67. The lowest BCUT2D eigenvalue weighted by atomic mass is 10.0. The van der Waals surface area contributed by atoms with Crippen molar-refractivity contribution in [3.8, 4) is 0 Å². The van der Waals surface area contributed by atoms with Gasteiger partial charge in [0, 0.05) is 12.6 Å². The minimum Gasteiger partial charge on any atom is -0.448 e. The van der Waals surface area contributed by atoms with Crippen LogP contribution in [-0.4, -0.2) is 25.3 Å². The maximum Gasteiger partial charge on any atom is 0.404 e. The van der Waals surface area contributed by atoms with E-state index in [1.807, 2.05) is 0 Å². The quantitative estimate of drug-likeness (QED) is 0.614. The Kier molecular flexibility index (Phi) is 6.32. The number of rotatable bonds is 6. The highest BCUT2D eigenvalue weighted by Gasteiger charge is 2.08. The molecule has 3 N–H and O–H groups in total. The topological polar surface area (TPSA) is 64.3 Å². The number of hydrogen-bond donors (Lipinski definition) is 2. The number of nitrogens with two attached hydrogens (primary N) is 1. The fourth-order valence-corrected chi connectivity index (χ4v) is 0.993. The van der Waals surface area contributed by atoms with Gasteiger partial charge in [0.25, 0.3) is 0 Å². The third-order valence-corrected chi connectivity index (χ3v) is 2.31. The van der Waals surface area contributed by atoms with Gasteiger partial charge in [-0.15, -0.1) is 0 Å². The molecular formula is C9H20N2O2. The summed E-state index contributed by atoms with van der Waals surface area (Å²) in [5, 5.41) is 3.26. The van der Waals surface area contributed by atoms with Gasteiger partial charge in [-0.25, -0.2) is 4.79 Å². The normalized spacial score (nSPS) is 15.0. The van der Waals surface area contributed by atoms with Gasteiger partial charge in [-0.3, -0.25) is 0 Å². The van der Waals surface area contributed by atoms with Gasteiger partial charge in [0.1, 0.15) is 6.61 Å². The summed E-state index contributed by atoms with van der Waals surface area (Å²) in [6.45, 7) is 7.47. The SMILES string of the molecule is CCC(C)C(C)NCCOC(N)=O. The molecule has 0 heterocycles. The molecule has 4 nitrogen and oxygen atoms in total. The van der Waals surface area contributed by atoms with E-state index in [-0.39, 0.29) is 0 Å². The molecule has 0 aliphatic rings. The van der Waals surface area contributed by atoms with Crippen molar-refractivity contribution in [3.05, 3.63) is 0 Å². The highest BCUT2D eigenvalue weighted by atomic mass is 16.5. The van der Waals surface area contributed by atoms with Gasteiger partial charge in [0.2, 0.25) is 0 Å². The number of nitrogens with one attached hydrogen (secondary N) is 1. The van der Waals surface area contributed by atoms with E-state index >= 15 is 0 Å². The number of carbonyl (C=O) groups is 1. The average molecular weight is 188 g/mol. The zero-order valence-corrected chi connectivity index (χ0v) is 8.67. The molecule has 2 unspecified atom stereocenters. The number of amides is 1. The monoisotopic (exact) mass is 188 g/mol. The van der Waals surface area contributed by atoms with Gasteiger partial charge in [0.05, 0.1) is 0 Å². The van der Waals surface area contributed by atoms with Gasteiger partial charge in [-0.1, -0.05) is 20.3 Å². The zero-order chi connectivity index (χ0) is 10.3. The lowest BCUT2D eigenvalue weighted by Crippen LogP contribution is -2.35. The van der Waals surface area contributed by atoms with Crippen LogP contribution in [0.5, 0.6) is 0 Å². The third kappa shape index (κ3) is 6.40. The van der Waals surface area contributed by atoms with Crippen molar-refractivity contribution in [2.75, 3.05) is 13.2 Å². The number of hydrogen-bond acceptors (Lipinski definition) is 3. The predicted molar refractivity (Wildman–Crippen MR) is 52.5 cm³/mol. The van der Waals surface area contributed by atoms with Gasteiger partial charge in [-0.05, 0) is 12.8 Å². The summed E-state index contributed by atoms with van der Waals surface area (Å²) in [4.78, 5) is 10.2. The van der Waals surface area contributed by atoms with E-state index < -0.39 is 6.09 Å². The van der Waals surface area contributed by atoms with E-state index in [0.717, 1.165) is 6.42 Å². The maximum atomic E-state index is 10.2. The van der Waals surface area contributed by atoms with Crippen LogP contribution in [0.3, 0.4) is 0 Å². The summed E-state index contributed by atoms with van der Waals surface area (Å²) >= 11 is 0. The maximum absolute atomic E-state index is 10.2. The highest BCUT2D eigenvalue weighted by Crippen LogP contribution is 2.05. The fourth-order valence-electron chi connectivity index (χ4n) is 0.993. The highest BCUT2D eigenvalue weighted by molar-refractivity contribution is 5.64. The number of ether oxygens (including phenoxy) is 1. The van der Waals surface area contributed by atoms with Crippen molar-refractivity contribution >= 4 is 6.09 Å². The Morgan fingerprint density at radius 1 is 1.54 bits per heavy atom. The molecule has 13 heavy (non-hydrogen) atoms. The minimum atomic E-state index is -0.710. The molecule has 0 fully saturated rings. The smallest absolute Gasteiger partial charge is 0.404 e. The Labute approximate surface area is 79.8 Å². The first-order valence-electron chi connectivity index (χ1n) is 4.73. The van der Waals surface area contributed by atoms with Crippen LogP contribution in [0.2, 0.25) is 0 Å². The second-order valence-corrected chi connectivity index (χ2v) is 3.30. The molecule has 78 valence electrons. The lowest BCUT2D eigenvalue weighted by molar-refractivity contribution is 0.155. The summed E-state index contributed by atoms with van der Waals surface area (Å²) < 4.78 is 4.58. The molecule has 0 saturated carbocycles. The third-order valence-electron chi connectivity index (χ3n) is 2.31. The Morgan fingerprint density at radius 2 is 2.15 bits per heavy atom. The van der Waals surface area contributed by atoms with Gasteiger partial charge < -0.3 is 15.8 Å². The molecule has 0 radical (unpaired) electrons. The summed E-state index contributed by atoms with van der Waals surface area (Å²) in [6.07, 6.45) is 0.434. The molecular weight excluding hydrogens is 168 g/mol. The average Bonchev–Trinajstić information content (AvgIpc) is 2.10. The van der Waals surface area contributed by atoms with Crippen LogP contribution in [0.15, 0.2) is 0 Å². The first kappa shape index (κ1) is 12.2. The van der Waals surface area contributed by atoms with Crippen LogP contribution in [-0.2, 0) is 4.74 Å². The molecule has 4 heteroatoms. The first-order valence-corrected chi connectivity index (χ1v) is 4.73. The summed E-state index contributed by atoms with van der Waals surface area (Å²) in [5.41, 5.74) is 4.81. The standard InChI is InChI=1S/C9H20N2O2/c1-4-7(2)8(3)11-5-6-13-9(10)12/h7-8,11H,4-6H2,1-3H3,(H2,10,12). The molecule has 0 aliphatic heterocycles. The molecule has 0 aromatic carbocycles.